The van der Waals surface area contributed by atoms with E-state index in [0.717, 1.165) is 24.0 Å². The van der Waals surface area contributed by atoms with Crippen molar-refractivity contribution in [2.75, 3.05) is 6.61 Å². The number of fused-ring (bicyclic) bond motifs is 1. The maximum atomic E-state index is 10.1. The minimum absolute atomic E-state index is 0.148. The summed E-state index contributed by atoms with van der Waals surface area (Å²) in [6, 6.07) is 0. The third-order valence-corrected chi connectivity index (χ3v) is 8.17. The van der Waals surface area contributed by atoms with Crippen molar-refractivity contribution in [3.05, 3.63) is 35.5 Å². The molecule has 0 aromatic carbocycles. The molecule has 0 aromatic rings. The first-order valence-electron chi connectivity index (χ1n) is 11.9. The number of aliphatic hydroxyl groups excluding tert-OH is 3. The van der Waals surface area contributed by atoms with E-state index in [4.69, 9.17) is 4.74 Å². The molecule has 0 amide bonds. The van der Waals surface area contributed by atoms with Gasteiger partial charge in [0.1, 0.15) is 0 Å². The Morgan fingerprint density at radius 1 is 1.20 bits per heavy atom. The van der Waals surface area contributed by atoms with Gasteiger partial charge < -0.3 is 20.1 Å². The standard InChI is InChI=1S/C26H42O4/c1-16(2)25(29)15-30-18(4)22-10-11-23-19(7-6-12-26(22,23)5)8-9-20-13-21(27)14-24(28)17(20)3/h8-9,16,18,21-25,27-29H,3,6-7,10-15H2,1-2,4-5H3/b19-8+,20-9-/t18-,21+,22+,23-,24-,25-,26+/m0/s1. The maximum absolute atomic E-state index is 10.1. The molecule has 3 aliphatic carbocycles. The smallest absolute Gasteiger partial charge is 0.0811 e. The molecule has 3 saturated carbocycles. The zero-order valence-corrected chi connectivity index (χ0v) is 19.3. The summed E-state index contributed by atoms with van der Waals surface area (Å²) in [5.74, 6) is 1.28. The lowest BCUT2D eigenvalue weighted by Gasteiger charge is -2.44. The monoisotopic (exact) mass is 418 g/mol. The van der Waals surface area contributed by atoms with E-state index in [9.17, 15) is 15.3 Å². The van der Waals surface area contributed by atoms with Gasteiger partial charge in [0.15, 0.2) is 0 Å². The molecule has 7 atom stereocenters. The third-order valence-electron chi connectivity index (χ3n) is 8.17. The highest BCUT2D eigenvalue weighted by Crippen LogP contribution is 2.58. The van der Waals surface area contributed by atoms with E-state index in [2.05, 4.69) is 32.6 Å². The van der Waals surface area contributed by atoms with Crippen LogP contribution in [-0.4, -0.2) is 46.3 Å². The quantitative estimate of drug-likeness (QED) is 0.592. The summed E-state index contributed by atoms with van der Waals surface area (Å²) in [4.78, 5) is 0. The van der Waals surface area contributed by atoms with E-state index in [1.165, 1.54) is 24.8 Å². The molecule has 0 spiro atoms. The van der Waals surface area contributed by atoms with Crippen LogP contribution in [0.25, 0.3) is 0 Å². The Labute approximate surface area is 182 Å². The lowest BCUT2D eigenvalue weighted by atomic mass is 9.62. The second-order valence-corrected chi connectivity index (χ2v) is 10.5. The molecule has 3 rings (SSSR count). The molecule has 0 saturated heterocycles. The Morgan fingerprint density at radius 2 is 1.93 bits per heavy atom. The molecule has 0 heterocycles. The summed E-state index contributed by atoms with van der Waals surface area (Å²) in [6.45, 7) is 13.1. The van der Waals surface area contributed by atoms with Gasteiger partial charge in [0, 0.05) is 6.42 Å². The minimum atomic E-state index is -0.634. The molecule has 0 bridgehead atoms. The predicted octanol–water partition coefficient (Wildman–Crippen LogP) is 4.55. The molecular formula is C26H42O4. The molecule has 0 aromatic heterocycles. The van der Waals surface area contributed by atoms with Crippen LogP contribution in [0.5, 0.6) is 0 Å². The van der Waals surface area contributed by atoms with Gasteiger partial charge in [-0.25, -0.2) is 0 Å². The number of hydrogen-bond donors (Lipinski definition) is 3. The van der Waals surface area contributed by atoms with Crippen LogP contribution < -0.4 is 0 Å². The molecule has 4 heteroatoms. The highest BCUT2D eigenvalue weighted by atomic mass is 16.5. The fourth-order valence-electron chi connectivity index (χ4n) is 6.07. The molecule has 3 N–H and O–H groups in total. The first kappa shape index (κ1) is 23.7. The molecule has 4 nitrogen and oxygen atoms in total. The van der Waals surface area contributed by atoms with Crippen molar-refractivity contribution in [3.63, 3.8) is 0 Å². The van der Waals surface area contributed by atoms with Crippen LogP contribution >= 0.6 is 0 Å². The summed E-state index contributed by atoms with van der Waals surface area (Å²) in [6.07, 6.45) is 9.82. The summed E-state index contributed by atoms with van der Waals surface area (Å²) < 4.78 is 6.14. The number of hydrogen-bond acceptors (Lipinski definition) is 4. The Bertz CT molecular complexity index is 679. The fourth-order valence-corrected chi connectivity index (χ4v) is 6.07. The highest BCUT2D eigenvalue weighted by molar-refractivity contribution is 5.38. The summed E-state index contributed by atoms with van der Waals surface area (Å²) >= 11 is 0. The van der Waals surface area contributed by atoms with E-state index >= 15 is 0 Å². The first-order chi connectivity index (χ1) is 14.1. The maximum Gasteiger partial charge on any atom is 0.0811 e. The van der Waals surface area contributed by atoms with Gasteiger partial charge in [-0.15, -0.1) is 0 Å². The lowest BCUT2D eigenvalue weighted by molar-refractivity contribution is -0.0651. The van der Waals surface area contributed by atoms with Crippen molar-refractivity contribution in [1.29, 1.82) is 0 Å². The Morgan fingerprint density at radius 3 is 2.63 bits per heavy atom. The van der Waals surface area contributed by atoms with E-state index in [-0.39, 0.29) is 17.4 Å². The zero-order valence-electron chi connectivity index (χ0n) is 19.3. The lowest BCUT2D eigenvalue weighted by Crippen LogP contribution is -2.39. The minimum Gasteiger partial charge on any atom is -0.393 e. The number of ether oxygens (including phenoxy) is 1. The van der Waals surface area contributed by atoms with Crippen LogP contribution in [0, 0.1) is 23.2 Å². The second-order valence-electron chi connectivity index (χ2n) is 10.5. The van der Waals surface area contributed by atoms with Gasteiger partial charge >= 0.3 is 0 Å². The van der Waals surface area contributed by atoms with Crippen molar-refractivity contribution < 1.29 is 20.1 Å². The average molecular weight is 419 g/mol. The van der Waals surface area contributed by atoms with Gasteiger partial charge in [-0.05, 0) is 79.8 Å². The molecular weight excluding hydrogens is 376 g/mol. The van der Waals surface area contributed by atoms with Gasteiger partial charge in [0.2, 0.25) is 0 Å². The van der Waals surface area contributed by atoms with Crippen LogP contribution in [0.15, 0.2) is 35.5 Å². The normalized spacial score (nSPS) is 39.5. The SMILES string of the molecule is C=C1/C(=C\C=C2/CCC[C@]3(C)[C@@H]([C@H](C)OC[C@H](O)C(C)C)CC[C@@H]23)C[C@@H](O)C[C@@H]1O. The van der Waals surface area contributed by atoms with Gasteiger partial charge in [-0.2, -0.15) is 0 Å². The molecule has 30 heavy (non-hydrogen) atoms. The zero-order chi connectivity index (χ0) is 22.1. The Hall–Kier alpha value is -0.940. The molecule has 3 fully saturated rings. The molecule has 0 aliphatic heterocycles. The Kier molecular flexibility index (Phi) is 7.66. The largest absolute Gasteiger partial charge is 0.393 e. The first-order valence-corrected chi connectivity index (χ1v) is 11.9. The molecule has 170 valence electrons. The van der Waals surface area contributed by atoms with E-state index < -0.39 is 18.3 Å². The van der Waals surface area contributed by atoms with Crippen LogP contribution in [0.2, 0.25) is 0 Å². The summed E-state index contributed by atoms with van der Waals surface area (Å²) in [5.41, 5.74) is 3.46. The highest BCUT2D eigenvalue weighted by Gasteiger charge is 2.51. The third kappa shape index (κ3) is 4.93. The summed E-state index contributed by atoms with van der Waals surface area (Å²) in [5, 5.41) is 30.3. The van der Waals surface area contributed by atoms with Crippen LogP contribution in [0.1, 0.15) is 72.6 Å². The van der Waals surface area contributed by atoms with Crippen LogP contribution in [-0.2, 0) is 4.74 Å². The summed E-state index contributed by atoms with van der Waals surface area (Å²) in [7, 11) is 0. The fraction of sp³-hybridized carbons (Fsp3) is 0.769. The van der Waals surface area contributed by atoms with E-state index in [0.29, 0.717) is 31.3 Å². The van der Waals surface area contributed by atoms with Gasteiger partial charge in [0.25, 0.3) is 0 Å². The molecule has 3 aliphatic rings. The second kappa shape index (κ2) is 9.68. The van der Waals surface area contributed by atoms with Gasteiger partial charge in [-0.3, -0.25) is 0 Å². The average Bonchev–Trinajstić information content (AvgIpc) is 3.04. The van der Waals surface area contributed by atoms with Crippen LogP contribution in [0.3, 0.4) is 0 Å². The van der Waals surface area contributed by atoms with Crippen molar-refractivity contribution in [1.82, 2.24) is 0 Å². The van der Waals surface area contributed by atoms with Crippen molar-refractivity contribution in [2.45, 2.75) is 97.1 Å². The van der Waals surface area contributed by atoms with E-state index in [1.54, 1.807) is 0 Å². The number of allylic oxidation sites excluding steroid dienone is 3. The van der Waals surface area contributed by atoms with E-state index in [1.807, 2.05) is 13.8 Å². The van der Waals surface area contributed by atoms with Crippen LogP contribution in [0.4, 0.5) is 0 Å². The predicted molar refractivity (Wildman–Crippen MR) is 121 cm³/mol. The van der Waals surface area contributed by atoms with Gasteiger partial charge in [-0.1, -0.05) is 45.1 Å². The number of rotatable bonds is 6. The topological polar surface area (TPSA) is 69.9 Å². The molecule has 0 unspecified atom stereocenters. The van der Waals surface area contributed by atoms with Gasteiger partial charge in [0.05, 0.1) is 31.0 Å². The molecule has 0 radical (unpaired) electrons. The van der Waals surface area contributed by atoms with Crippen molar-refractivity contribution in [2.24, 2.45) is 23.2 Å². The van der Waals surface area contributed by atoms with Crippen molar-refractivity contribution in [3.8, 4) is 0 Å². The Balaban J connectivity index is 1.72. The number of aliphatic hydroxyl groups is 3. The van der Waals surface area contributed by atoms with Crippen molar-refractivity contribution >= 4 is 0 Å².